The fourth-order valence-corrected chi connectivity index (χ4v) is 4.72. The van der Waals surface area contributed by atoms with Gasteiger partial charge in [-0.05, 0) is 51.8 Å². The number of carbonyl (C=O) groups excluding carboxylic acids is 2. The number of ether oxygens (including phenoxy) is 2. The van der Waals surface area contributed by atoms with Crippen molar-refractivity contribution in [2.75, 3.05) is 39.4 Å². The van der Waals surface area contributed by atoms with Crippen molar-refractivity contribution < 1.29 is 36.8 Å². The predicted octanol–water partition coefficient (Wildman–Crippen LogP) is 4.70. The summed E-state index contributed by atoms with van der Waals surface area (Å²) in [5.41, 5.74) is -0.708. The monoisotopic (exact) mass is 553 g/mol. The van der Waals surface area contributed by atoms with Gasteiger partial charge < -0.3 is 29.1 Å². The molecule has 0 bridgehead atoms. The van der Waals surface area contributed by atoms with Crippen LogP contribution < -0.4 is 5.32 Å². The number of nitrogens with one attached hydrogen (secondary N) is 1. The lowest BCUT2D eigenvalue weighted by molar-refractivity contribution is -0.137. The molecule has 2 aromatic rings. The van der Waals surface area contributed by atoms with Crippen molar-refractivity contribution >= 4 is 12.1 Å². The molecule has 4 rings (SSSR count). The third-order valence-corrected chi connectivity index (χ3v) is 6.64. The number of alkyl halides is 3. The smallest absolute Gasteiger partial charge is 0.416 e. The average molecular weight is 554 g/mol. The van der Waals surface area contributed by atoms with Crippen LogP contribution in [0, 0.1) is 0 Å². The summed E-state index contributed by atoms with van der Waals surface area (Å²) in [6, 6.07) is 4.25. The predicted molar refractivity (Wildman–Crippen MR) is 133 cm³/mol. The van der Waals surface area contributed by atoms with Gasteiger partial charge in [0.25, 0.3) is 0 Å². The summed E-state index contributed by atoms with van der Waals surface area (Å²) in [5.74, 6) is -0.0321. The van der Waals surface area contributed by atoms with E-state index in [0.717, 1.165) is 12.1 Å². The molecule has 2 saturated heterocycles. The minimum atomic E-state index is -4.43. The molecular weight excluding hydrogens is 519 g/mol. The Morgan fingerprint density at radius 3 is 2.31 bits per heavy atom. The molecule has 3 amide bonds. The zero-order valence-electron chi connectivity index (χ0n) is 22.5. The van der Waals surface area contributed by atoms with Crippen molar-refractivity contribution in [1.29, 1.82) is 0 Å². The first-order chi connectivity index (χ1) is 18.3. The van der Waals surface area contributed by atoms with Gasteiger partial charge in [-0.15, -0.1) is 0 Å². The number of alkyl carbamates (subject to hydrolysis) is 1. The van der Waals surface area contributed by atoms with E-state index in [1.165, 1.54) is 12.1 Å². The van der Waals surface area contributed by atoms with Gasteiger partial charge in [-0.3, -0.25) is 0 Å². The van der Waals surface area contributed by atoms with Crippen LogP contribution in [0.5, 0.6) is 0 Å². The Morgan fingerprint density at radius 2 is 1.69 bits per heavy atom. The third-order valence-electron chi connectivity index (χ3n) is 6.64. The molecule has 10 nitrogen and oxygen atoms in total. The van der Waals surface area contributed by atoms with Gasteiger partial charge in [-0.25, -0.2) is 9.59 Å². The number of halogens is 3. The number of hydrogen-bond donors (Lipinski definition) is 1. The Morgan fingerprint density at radius 1 is 1.05 bits per heavy atom. The lowest BCUT2D eigenvalue weighted by Crippen LogP contribution is -2.52. The molecule has 2 fully saturated rings. The molecular formula is C26H34F3N5O5. The van der Waals surface area contributed by atoms with Crippen molar-refractivity contribution in [1.82, 2.24) is 25.3 Å². The quantitative estimate of drug-likeness (QED) is 0.585. The standard InChI is InChI=1S/C26H34F3N5O5/c1-16(30-23(35)38-25(2,3)4)22-31-21(32-39-22)19-13-18(17-5-7-20(8-6-17)26(27,28)29)14-34(15-19)24(36)33-9-11-37-12-10-33/h5-8,16,18-19H,9-15H2,1-4H3,(H,30,35)/t16-,18?,19?/m0/s1. The number of benzene rings is 1. The second-order valence-electron chi connectivity index (χ2n) is 10.9. The maximum Gasteiger partial charge on any atom is 0.416 e. The lowest BCUT2D eigenvalue weighted by Gasteiger charge is -2.40. The van der Waals surface area contributed by atoms with Crippen LogP contribution in [-0.2, 0) is 15.7 Å². The number of rotatable bonds is 4. The number of urea groups is 1. The molecule has 0 saturated carbocycles. The van der Waals surface area contributed by atoms with Crippen molar-refractivity contribution in [2.24, 2.45) is 0 Å². The number of aromatic nitrogens is 2. The maximum absolute atomic E-state index is 13.4. The Hall–Kier alpha value is -3.35. The van der Waals surface area contributed by atoms with Gasteiger partial charge >= 0.3 is 18.3 Å². The Labute approximate surface area is 224 Å². The van der Waals surface area contributed by atoms with Crippen LogP contribution in [0.25, 0.3) is 0 Å². The van der Waals surface area contributed by atoms with Crippen LogP contribution >= 0.6 is 0 Å². The van der Waals surface area contributed by atoms with Crippen LogP contribution in [0.15, 0.2) is 28.8 Å². The van der Waals surface area contributed by atoms with Crippen LogP contribution in [0.4, 0.5) is 22.8 Å². The van der Waals surface area contributed by atoms with Crippen molar-refractivity contribution in [3.8, 4) is 0 Å². The number of likely N-dealkylation sites (tertiary alicyclic amines) is 1. The summed E-state index contributed by atoms with van der Waals surface area (Å²) in [5, 5.41) is 6.78. The summed E-state index contributed by atoms with van der Waals surface area (Å²) >= 11 is 0. The van der Waals surface area contributed by atoms with E-state index in [9.17, 15) is 22.8 Å². The Bertz CT molecular complexity index is 1140. The largest absolute Gasteiger partial charge is 0.444 e. The van der Waals surface area contributed by atoms with E-state index in [2.05, 4.69) is 15.5 Å². The normalized spacial score (nSPS) is 21.4. The van der Waals surface area contributed by atoms with Gasteiger partial charge in [0.15, 0.2) is 5.82 Å². The van der Waals surface area contributed by atoms with Crippen LogP contribution in [-0.4, -0.2) is 77.1 Å². The van der Waals surface area contributed by atoms with Crippen LogP contribution in [0.3, 0.4) is 0 Å². The second-order valence-corrected chi connectivity index (χ2v) is 10.9. The molecule has 2 aliphatic rings. The SMILES string of the molecule is C[C@H](NC(=O)OC(C)(C)C)c1nc(C2CC(c3ccc(C(F)(F)F)cc3)CN(C(=O)N3CCOCC3)C2)no1. The number of piperidine rings is 1. The number of carbonyl (C=O) groups is 2. The highest BCUT2D eigenvalue weighted by Crippen LogP contribution is 2.37. The van der Waals surface area contributed by atoms with Crippen LogP contribution in [0.2, 0.25) is 0 Å². The van der Waals surface area contributed by atoms with Gasteiger partial charge in [0.05, 0.1) is 18.8 Å². The van der Waals surface area contributed by atoms with Gasteiger partial charge in [0.1, 0.15) is 11.6 Å². The first-order valence-corrected chi connectivity index (χ1v) is 12.9. The minimum absolute atomic E-state index is 0.163. The molecule has 1 aromatic carbocycles. The molecule has 2 unspecified atom stereocenters. The molecule has 214 valence electrons. The highest BCUT2D eigenvalue weighted by Gasteiger charge is 2.37. The molecule has 1 aromatic heterocycles. The van der Waals surface area contributed by atoms with Crippen LogP contribution in [0.1, 0.15) is 74.8 Å². The lowest BCUT2D eigenvalue weighted by atomic mass is 9.84. The number of morpholine rings is 1. The molecule has 0 spiro atoms. The van der Waals surface area contributed by atoms with E-state index in [1.807, 2.05) is 0 Å². The molecule has 13 heteroatoms. The summed E-state index contributed by atoms with van der Waals surface area (Å²) < 4.78 is 55.4. The molecule has 1 N–H and O–H groups in total. The molecule has 3 atom stereocenters. The highest BCUT2D eigenvalue weighted by atomic mass is 19.4. The topological polar surface area (TPSA) is 110 Å². The number of amides is 3. The van der Waals surface area contributed by atoms with E-state index < -0.39 is 29.5 Å². The Kier molecular flexibility index (Phi) is 8.38. The molecule has 3 heterocycles. The molecule has 0 radical (unpaired) electrons. The molecule has 0 aliphatic carbocycles. The number of hydrogen-bond acceptors (Lipinski definition) is 7. The fourth-order valence-electron chi connectivity index (χ4n) is 4.72. The molecule has 39 heavy (non-hydrogen) atoms. The first kappa shape index (κ1) is 28.7. The van der Waals surface area contributed by atoms with Gasteiger partial charge in [0.2, 0.25) is 5.89 Å². The summed E-state index contributed by atoms with van der Waals surface area (Å²) in [7, 11) is 0. The van der Waals surface area contributed by atoms with Gasteiger partial charge in [-0.2, -0.15) is 18.2 Å². The van der Waals surface area contributed by atoms with Crippen molar-refractivity contribution in [3.63, 3.8) is 0 Å². The highest BCUT2D eigenvalue weighted by molar-refractivity contribution is 5.75. The zero-order chi connectivity index (χ0) is 28.4. The summed E-state index contributed by atoms with van der Waals surface area (Å²) in [4.78, 5) is 33.4. The number of nitrogens with zero attached hydrogens (tertiary/aromatic N) is 4. The molecule has 2 aliphatic heterocycles. The van der Waals surface area contributed by atoms with E-state index in [1.54, 1.807) is 37.5 Å². The maximum atomic E-state index is 13.4. The van der Waals surface area contributed by atoms with Crippen molar-refractivity contribution in [2.45, 2.75) is 63.8 Å². The fraction of sp³-hybridized carbons (Fsp3) is 0.615. The summed E-state index contributed by atoms with van der Waals surface area (Å²) in [6.45, 7) is 9.42. The summed E-state index contributed by atoms with van der Waals surface area (Å²) in [6.07, 6.45) is -4.56. The average Bonchev–Trinajstić information content (AvgIpc) is 3.38. The second kappa shape index (κ2) is 11.4. The van der Waals surface area contributed by atoms with E-state index in [0.29, 0.717) is 57.2 Å². The van der Waals surface area contributed by atoms with E-state index in [4.69, 9.17) is 14.0 Å². The Balaban J connectivity index is 1.53. The van der Waals surface area contributed by atoms with Gasteiger partial charge in [-0.1, -0.05) is 17.3 Å². The van der Waals surface area contributed by atoms with Gasteiger partial charge in [0, 0.05) is 38.0 Å². The zero-order valence-corrected chi connectivity index (χ0v) is 22.5. The third kappa shape index (κ3) is 7.40. The van der Waals surface area contributed by atoms with Crippen molar-refractivity contribution in [3.05, 3.63) is 47.1 Å². The van der Waals surface area contributed by atoms with E-state index in [-0.39, 0.29) is 23.8 Å². The van der Waals surface area contributed by atoms with E-state index >= 15 is 0 Å². The first-order valence-electron chi connectivity index (χ1n) is 12.9. The minimum Gasteiger partial charge on any atom is -0.444 e.